The normalized spacial score (nSPS) is 10.2. The van der Waals surface area contributed by atoms with Crippen LogP contribution in [0.5, 0.6) is 52.1 Å². The van der Waals surface area contributed by atoms with E-state index in [1.165, 1.54) is 36.4 Å². The highest BCUT2D eigenvalue weighted by Crippen LogP contribution is 2.32. The summed E-state index contributed by atoms with van der Waals surface area (Å²) in [4.78, 5) is 10.9. The standard InChI is InChI=1S/3C9H7NO3.Al.3H/c3*11-6-3-1-2-5-4-7(12)9(13)10-8(5)6;;;;/h3*1-4,11-12H,(H,10,13);;;;. The highest BCUT2D eigenvalue weighted by Gasteiger charge is 2.08. The minimum absolute atomic E-state index is 0. The van der Waals surface area contributed by atoms with Gasteiger partial charge in [-0.3, -0.25) is 0 Å². The van der Waals surface area contributed by atoms with E-state index in [0.29, 0.717) is 16.2 Å². The first-order chi connectivity index (χ1) is 18.5. The Labute approximate surface area is 235 Å². The smallest absolute Gasteiger partial charge is 0.255 e. The number of hydrogen-bond acceptors (Lipinski definition) is 12. The van der Waals surface area contributed by atoms with Crippen molar-refractivity contribution < 1.29 is 46.0 Å². The largest absolute Gasteiger partial charge is 0.506 e. The van der Waals surface area contributed by atoms with Crippen LogP contribution in [-0.2, 0) is 0 Å². The van der Waals surface area contributed by atoms with E-state index in [9.17, 15) is 15.3 Å². The van der Waals surface area contributed by atoms with E-state index in [1.54, 1.807) is 36.4 Å². The summed E-state index contributed by atoms with van der Waals surface area (Å²) in [5.41, 5.74) is 0.827. The van der Waals surface area contributed by atoms with E-state index in [1.807, 2.05) is 0 Å². The number of pyridine rings is 3. The Morgan fingerprint density at radius 1 is 0.350 bits per heavy atom. The van der Waals surface area contributed by atoms with Gasteiger partial charge in [0.25, 0.3) is 17.6 Å². The van der Waals surface area contributed by atoms with Gasteiger partial charge in [0.15, 0.2) is 34.6 Å². The van der Waals surface area contributed by atoms with Crippen LogP contribution in [0.3, 0.4) is 0 Å². The van der Waals surface area contributed by atoms with Gasteiger partial charge in [0, 0.05) is 16.2 Å². The van der Waals surface area contributed by atoms with Gasteiger partial charge in [0.2, 0.25) is 0 Å². The molecule has 0 unspecified atom stereocenters. The fourth-order valence-corrected chi connectivity index (χ4v) is 3.49. The van der Waals surface area contributed by atoms with E-state index in [0.717, 1.165) is 0 Å². The molecule has 13 heteroatoms. The van der Waals surface area contributed by atoms with Gasteiger partial charge in [0.05, 0.1) is 0 Å². The van der Waals surface area contributed by atoms with Crippen molar-refractivity contribution in [2.24, 2.45) is 0 Å². The van der Waals surface area contributed by atoms with Gasteiger partial charge in [-0.25, -0.2) is 15.0 Å². The third-order valence-electron chi connectivity index (χ3n) is 5.35. The zero-order valence-corrected chi connectivity index (χ0v) is 19.8. The minimum atomic E-state index is -0.478. The van der Waals surface area contributed by atoms with Gasteiger partial charge in [-0.15, -0.1) is 0 Å². The summed E-state index contributed by atoms with van der Waals surface area (Å²) < 4.78 is 0. The average Bonchev–Trinajstić information content (AvgIpc) is 2.89. The van der Waals surface area contributed by atoms with Crippen LogP contribution in [-0.4, -0.2) is 78.3 Å². The molecule has 0 saturated carbocycles. The lowest BCUT2D eigenvalue weighted by Gasteiger charge is -2.01. The summed E-state index contributed by atoms with van der Waals surface area (Å²) in [7, 11) is 0. The van der Waals surface area contributed by atoms with Crippen molar-refractivity contribution in [2.45, 2.75) is 0 Å². The summed E-state index contributed by atoms with van der Waals surface area (Å²) >= 11 is 0. The molecular weight excluding hydrogens is 537 g/mol. The van der Waals surface area contributed by atoms with Gasteiger partial charge in [-0.2, -0.15) is 0 Å². The zero-order valence-electron chi connectivity index (χ0n) is 19.8. The van der Waals surface area contributed by atoms with Crippen LogP contribution < -0.4 is 0 Å². The van der Waals surface area contributed by atoms with Crippen LogP contribution >= 0.6 is 0 Å². The topological polar surface area (TPSA) is 221 Å². The summed E-state index contributed by atoms with van der Waals surface area (Å²) in [5, 5.41) is 84.3. The molecule has 0 spiro atoms. The number of rotatable bonds is 0. The van der Waals surface area contributed by atoms with E-state index in [2.05, 4.69) is 15.0 Å². The Bertz CT molecular complexity index is 1620. The van der Waals surface area contributed by atoms with Crippen molar-refractivity contribution in [3.8, 4) is 52.1 Å². The second-order valence-electron chi connectivity index (χ2n) is 8.04. The maximum atomic E-state index is 9.33. The molecule has 0 bridgehead atoms. The quantitative estimate of drug-likeness (QED) is 0.122. The molecule has 3 aromatic heterocycles. The van der Waals surface area contributed by atoms with Crippen LogP contribution in [0.4, 0.5) is 0 Å². The van der Waals surface area contributed by atoms with Crippen molar-refractivity contribution in [3.05, 3.63) is 72.8 Å². The molecule has 0 aliphatic heterocycles. The lowest BCUT2D eigenvalue weighted by Crippen LogP contribution is -1.80. The highest BCUT2D eigenvalue weighted by molar-refractivity contribution is 5.87. The first-order valence-corrected chi connectivity index (χ1v) is 11.1. The molecule has 0 radical (unpaired) electrons. The summed E-state index contributed by atoms with van der Waals surface area (Å²) in [6, 6.07) is 18.4. The summed E-state index contributed by atoms with van der Waals surface area (Å²) in [6.45, 7) is 0. The monoisotopic (exact) mass is 561 g/mol. The first kappa shape index (κ1) is 29.2. The molecular formula is C27H24AlN3O9. The number of hydrogen-bond donors (Lipinski definition) is 9. The maximum absolute atomic E-state index is 9.33. The number of phenols is 3. The van der Waals surface area contributed by atoms with Crippen LogP contribution in [0.15, 0.2) is 72.8 Å². The Hall–Kier alpha value is -5.38. The molecule has 0 aliphatic rings. The van der Waals surface area contributed by atoms with Gasteiger partial charge in [0.1, 0.15) is 33.8 Å². The third-order valence-corrected chi connectivity index (χ3v) is 5.35. The predicted molar refractivity (Wildman–Crippen MR) is 150 cm³/mol. The third kappa shape index (κ3) is 6.19. The Balaban J connectivity index is 0.000000163. The van der Waals surface area contributed by atoms with Crippen molar-refractivity contribution in [3.63, 3.8) is 0 Å². The minimum Gasteiger partial charge on any atom is -0.506 e. The van der Waals surface area contributed by atoms with E-state index in [-0.39, 0.29) is 68.4 Å². The van der Waals surface area contributed by atoms with Crippen LogP contribution in [0, 0.1) is 0 Å². The molecule has 204 valence electrons. The van der Waals surface area contributed by atoms with Crippen molar-refractivity contribution in [1.82, 2.24) is 15.0 Å². The molecule has 40 heavy (non-hydrogen) atoms. The van der Waals surface area contributed by atoms with Gasteiger partial charge in [-0.1, -0.05) is 36.4 Å². The van der Waals surface area contributed by atoms with Gasteiger partial charge < -0.3 is 46.0 Å². The zero-order chi connectivity index (χ0) is 28.3. The first-order valence-electron chi connectivity index (χ1n) is 11.1. The van der Waals surface area contributed by atoms with Crippen molar-refractivity contribution in [1.29, 1.82) is 0 Å². The number of para-hydroxylation sites is 3. The second kappa shape index (κ2) is 12.0. The van der Waals surface area contributed by atoms with Crippen LogP contribution in [0.1, 0.15) is 0 Å². The highest BCUT2D eigenvalue weighted by atomic mass is 27.0. The molecule has 9 N–H and O–H groups in total. The summed E-state index contributed by atoms with van der Waals surface area (Å²) in [5.74, 6) is -2.38. The Morgan fingerprint density at radius 3 is 0.850 bits per heavy atom. The number of aromatic hydroxyl groups is 9. The molecule has 3 aromatic carbocycles. The maximum Gasteiger partial charge on any atom is 0.255 e. The number of nitrogens with zero attached hydrogens (tertiary/aromatic N) is 3. The van der Waals surface area contributed by atoms with Crippen molar-refractivity contribution >= 4 is 50.1 Å². The van der Waals surface area contributed by atoms with E-state index in [4.69, 9.17) is 30.6 Å². The van der Waals surface area contributed by atoms with Crippen LogP contribution in [0.2, 0.25) is 0 Å². The molecule has 6 aromatic rings. The predicted octanol–water partition coefficient (Wildman–Crippen LogP) is 2.87. The number of phenolic OH excluding ortho intramolecular Hbond substituents is 3. The molecule has 0 aliphatic carbocycles. The fourth-order valence-electron chi connectivity index (χ4n) is 3.49. The van der Waals surface area contributed by atoms with Gasteiger partial charge >= 0.3 is 0 Å². The average molecular weight is 561 g/mol. The van der Waals surface area contributed by atoms with Crippen LogP contribution in [0.25, 0.3) is 32.7 Å². The molecule has 0 atom stereocenters. The summed E-state index contributed by atoms with van der Waals surface area (Å²) in [6.07, 6.45) is 0. The molecule has 12 nitrogen and oxygen atoms in total. The SMILES string of the molecule is Oc1cc2cccc(O)c2nc1O.Oc1cc2cccc(O)c2nc1O.Oc1cc2cccc(O)c2nc1O.[AlH3]. The second-order valence-corrected chi connectivity index (χ2v) is 8.04. The van der Waals surface area contributed by atoms with E-state index < -0.39 is 17.6 Å². The molecule has 0 saturated heterocycles. The molecule has 6 rings (SSSR count). The fraction of sp³-hybridized carbons (Fsp3) is 0. The number of benzene rings is 3. The van der Waals surface area contributed by atoms with E-state index >= 15 is 0 Å². The Morgan fingerprint density at radius 2 is 0.600 bits per heavy atom. The number of aromatic nitrogens is 3. The van der Waals surface area contributed by atoms with Crippen molar-refractivity contribution in [2.75, 3.05) is 0 Å². The lowest BCUT2D eigenvalue weighted by atomic mass is 10.2. The number of fused-ring (bicyclic) bond motifs is 3. The lowest BCUT2D eigenvalue weighted by molar-refractivity contribution is 0.390. The molecule has 0 fully saturated rings. The molecule has 3 heterocycles. The Kier molecular flexibility index (Phi) is 8.75. The van der Waals surface area contributed by atoms with Gasteiger partial charge in [-0.05, 0) is 36.4 Å². The molecule has 0 amide bonds.